The van der Waals surface area contributed by atoms with Crippen LogP contribution in [0.1, 0.15) is 42.9 Å². The highest BCUT2D eigenvalue weighted by Crippen LogP contribution is 2.30. The third-order valence-electron chi connectivity index (χ3n) is 2.59. The van der Waals surface area contributed by atoms with Gasteiger partial charge in [0.05, 0.1) is 0 Å². The summed E-state index contributed by atoms with van der Waals surface area (Å²) in [7, 11) is 0. The summed E-state index contributed by atoms with van der Waals surface area (Å²) in [5.74, 6) is 0.563. The van der Waals surface area contributed by atoms with Gasteiger partial charge in [-0.2, -0.15) is 0 Å². The van der Waals surface area contributed by atoms with Crippen molar-refractivity contribution in [3.63, 3.8) is 0 Å². The second-order valence-corrected chi connectivity index (χ2v) is 4.19. The van der Waals surface area contributed by atoms with E-state index < -0.39 is 0 Å². The quantitative estimate of drug-likeness (QED) is 0.655. The number of rotatable bonds is 2. The van der Waals surface area contributed by atoms with Crippen LogP contribution in [0.25, 0.3) is 0 Å². The lowest BCUT2D eigenvalue weighted by Crippen LogP contribution is -1.97. The molecule has 0 N–H and O–H groups in total. The molecule has 0 saturated carbocycles. The van der Waals surface area contributed by atoms with E-state index in [4.69, 9.17) is 11.6 Å². The van der Waals surface area contributed by atoms with Gasteiger partial charge in [0.15, 0.2) is 0 Å². The van der Waals surface area contributed by atoms with E-state index in [1.807, 2.05) is 0 Å². The molecule has 0 amide bonds. The van der Waals surface area contributed by atoms with Crippen LogP contribution in [0.3, 0.4) is 0 Å². The monoisotopic (exact) mass is 196 g/mol. The molecule has 72 valence electrons. The molecule has 0 heterocycles. The molecule has 0 bridgehead atoms. The summed E-state index contributed by atoms with van der Waals surface area (Å²) in [6, 6.07) is 4.25. The molecule has 0 aliphatic heterocycles. The summed E-state index contributed by atoms with van der Waals surface area (Å²) >= 11 is 6.21. The highest BCUT2D eigenvalue weighted by molar-refractivity contribution is 6.31. The smallest absolute Gasteiger partial charge is 0.0445 e. The molecular weight excluding hydrogens is 180 g/mol. The van der Waals surface area contributed by atoms with Gasteiger partial charge < -0.3 is 0 Å². The van der Waals surface area contributed by atoms with E-state index in [0.29, 0.717) is 5.92 Å². The van der Waals surface area contributed by atoms with Gasteiger partial charge in [0, 0.05) is 5.02 Å². The minimum Gasteiger partial charge on any atom is -0.0840 e. The first kappa shape index (κ1) is 10.6. The van der Waals surface area contributed by atoms with Crippen LogP contribution in [0, 0.1) is 13.8 Å². The van der Waals surface area contributed by atoms with Crippen molar-refractivity contribution in [2.45, 2.75) is 40.0 Å². The highest BCUT2D eigenvalue weighted by Gasteiger charge is 2.10. The summed E-state index contributed by atoms with van der Waals surface area (Å²) in [5, 5.41) is 0.923. The van der Waals surface area contributed by atoms with Crippen molar-refractivity contribution in [2.24, 2.45) is 0 Å². The first-order chi connectivity index (χ1) is 6.06. The summed E-state index contributed by atoms with van der Waals surface area (Å²) in [4.78, 5) is 0. The summed E-state index contributed by atoms with van der Waals surface area (Å²) in [6.45, 7) is 8.64. The fraction of sp³-hybridized carbons (Fsp3) is 0.500. The predicted octanol–water partition coefficient (Wildman–Crippen LogP) is 4.47. The predicted molar refractivity (Wildman–Crippen MR) is 59.6 cm³/mol. The molecule has 1 rings (SSSR count). The summed E-state index contributed by atoms with van der Waals surface area (Å²) in [5.41, 5.74) is 3.88. The fourth-order valence-electron chi connectivity index (χ4n) is 1.76. The molecule has 0 nitrogen and oxygen atoms in total. The van der Waals surface area contributed by atoms with Gasteiger partial charge in [0.1, 0.15) is 0 Å². The lowest BCUT2D eigenvalue weighted by molar-refractivity contribution is 0.728. The molecular formula is C12H17Cl. The number of halogens is 1. The first-order valence-corrected chi connectivity index (χ1v) is 5.20. The van der Waals surface area contributed by atoms with Gasteiger partial charge in [0.25, 0.3) is 0 Å². The fourth-order valence-corrected chi connectivity index (χ4v) is 2.26. The zero-order valence-electron chi connectivity index (χ0n) is 8.82. The van der Waals surface area contributed by atoms with Gasteiger partial charge in [0.2, 0.25) is 0 Å². The molecule has 0 aromatic heterocycles. The van der Waals surface area contributed by atoms with Gasteiger partial charge in [-0.25, -0.2) is 0 Å². The Kier molecular flexibility index (Phi) is 3.38. The maximum absolute atomic E-state index is 6.21. The van der Waals surface area contributed by atoms with Crippen molar-refractivity contribution in [3.05, 3.63) is 33.8 Å². The molecule has 1 aromatic rings. The molecule has 1 atom stereocenters. The van der Waals surface area contributed by atoms with Gasteiger partial charge in [-0.15, -0.1) is 0 Å². The number of aryl methyl sites for hydroxylation is 2. The van der Waals surface area contributed by atoms with Crippen LogP contribution in [0.2, 0.25) is 5.02 Å². The number of benzene rings is 1. The Balaban J connectivity index is 3.20. The molecule has 1 heteroatoms. The van der Waals surface area contributed by atoms with Gasteiger partial charge in [-0.3, -0.25) is 0 Å². The van der Waals surface area contributed by atoms with Crippen LogP contribution in [-0.4, -0.2) is 0 Å². The van der Waals surface area contributed by atoms with Crippen molar-refractivity contribution in [3.8, 4) is 0 Å². The Morgan fingerprint density at radius 3 is 2.38 bits per heavy atom. The van der Waals surface area contributed by atoms with Crippen LogP contribution in [0.5, 0.6) is 0 Å². The standard InChI is InChI=1S/C12H17Cl/c1-5-9(3)12-10(4)6-8(2)7-11(12)13/h6-7,9H,5H2,1-4H3. The first-order valence-electron chi connectivity index (χ1n) is 4.83. The highest BCUT2D eigenvalue weighted by atomic mass is 35.5. The Hall–Kier alpha value is -0.490. The molecule has 0 saturated heterocycles. The van der Waals surface area contributed by atoms with Crippen molar-refractivity contribution >= 4 is 11.6 Å². The SMILES string of the molecule is CCC(C)c1c(C)cc(C)cc1Cl. The molecule has 13 heavy (non-hydrogen) atoms. The van der Waals surface area contributed by atoms with Crippen LogP contribution >= 0.6 is 11.6 Å². The average molecular weight is 197 g/mol. The van der Waals surface area contributed by atoms with Gasteiger partial charge in [-0.1, -0.05) is 31.5 Å². The largest absolute Gasteiger partial charge is 0.0840 e. The van der Waals surface area contributed by atoms with E-state index in [1.165, 1.54) is 16.7 Å². The minimum absolute atomic E-state index is 0.563. The van der Waals surface area contributed by atoms with E-state index in [0.717, 1.165) is 11.4 Å². The minimum atomic E-state index is 0.563. The van der Waals surface area contributed by atoms with Crippen molar-refractivity contribution in [1.29, 1.82) is 0 Å². The maximum atomic E-state index is 6.21. The third kappa shape index (κ3) is 2.25. The molecule has 0 aliphatic carbocycles. The van der Waals surface area contributed by atoms with E-state index in [-0.39, 0.29) is 0 Å². The number of hydrogen-bond donors (Lipinski definition) is 0. The summed E-state index contributed by atoms with van der Waals surface area (Å²) in [6.07, 6.45) is 1.14. The number of hydrogen-bond acceptors (Lipinski definition) is 0. The molecule has 1 aromatic carbocycles. The van der Waals surface area contributed by atoms with Crippen molar-refractivity contribution in [2.75, 3.05) is 0 Å². The van der Waals surface area contributed by atoms with Crippen molar-refractivity contribution in [1.82, 2.24) is 0 Å². The maximum Gasteiger partial charge on any atom is 0.0445 e. The molecule has 0 fully saturated rings. The van der Waals surface area contributed by atoms with Gasteiger partial charge in [-0.05, 0) is 48.9 Å². The average Bonchev–Trinajstić information content (AvgIpc) is 2.02. The topological polar surface area (TPSA) is 0 Å². The van der Waals surface area contributed by atoms with E-state index >= 15 is 0 Å². The molecule has 0 spiro atoms. The Morgan fingerprint density at radius 1 is 1.31 bits per heavy atom. The normalized spacial score (nSPS) is 13.0. The van der Waals surface area contributed by atoms with Crippen molar-refractivity contribution < 1.29 is 0 Å². The lowest BCUT2D eigenvalue weighted by atomic mass is 9.93. The second kappa shape index (κ2) is 4.15. The molecule has 1 unspecified atom stereocenters. The van der Waals surface area contributed by atoms with E-state index in [2.05, 4.69) is 39.8 Å². The van der Waals surface area contributed by atoms with E-state index in [9.17, 15) is 0 Å². The van der Waals surface area contributed by atoms with Crippen LogP contribution < -0.4 is 0 Å². The Bertz CT molecular complexity index is 279. The molecule has 0 aliphatic rings. The zero-order valence-corrected chi connectivity index (χ0v) is 9.57. The summed E-state index contributed by atoms with van der Waals surface area (Å²) < 4.78 is 0. The van der Waals surface area contributed by atoms with Crippen LogP contribution in [-0.2, 0) is 0 Å². The van der Waals surface area contributed by atoms with Crippen LogP contribution in [0.15, 0.2) is 12.1 Å². The van der Waals surface area contributed by atoms with Crippen LogP contribution in [0.4, 0.5) is 0 Å². The second-order valence-electron chi connectivity index (χ2n) is 3.79. The third-order valence-corrected chi connectivity index (χ3v) is 2.90. The lowest BCUT2D eigenvalue weighted by Gasteiger charge is -2.15. The Labute approximate surface area is 85.9 Å². The zero-order chi connectivity index (χ0) is 10.0. The van der Waals surface area contributed by atoms with Gasteiger partial charge >= 0.3 is 0 Å². The van der Waals surface area contributed by atoms with E-state index in [1.54, 1.807) is 0 Å². The Morgan fingerprint density at radius 2 is 1.92 bits per heavy atom. The molecule has 0 radical (unpaired) electrons.